The molecule has 7 nitrogen and oxygen atoms in total. The lowest BCUT2D eigenvalue weighted by Gasteiger charge is -2.25. The van der Waals surface area contributed by atoms with Gasteiger partial charge in [0.1, 0.15) is 5.82 Å². The first kappa shape index (κ1) is 14.0. The van der Waals surface area contributed by atoms with E-state index in [1.165, 1.54) is 0 Å². The number of hydrogen-bond donors (Lipinski definition) is 2. The second-order valence-electron chi connectivity index (χ2n) is 5.59. The lowest BCUT2D eigenvalue weighted by atomic mass is 9.85. The minimum absolute atomic E-state index is 0.0682. The number of nitrogens with zero attached hydrogens (tertiary/aromatic N) is 3. The van der Waals surface area contributed by atoms with Crippen LogP contribution in [0.4, 0.5) is 0 Å². The smallest absolute Gasteiger partial charge is 0.229 e. The monoisotopic (exact) mass is 289 g/mol. The van der Waals surface area contributed by atoms with Crippen molar-refractivity contribution in [3.05, 3.63) is 30.2 Å². The van der Waals surface area contributed by atoms with E-state index >= 15 is 0 Å². The summed E-state index contributed by atoms with van der Waals surface area (Å²) in [5, 5.41) is 11.1. The zero-order valence-electron chi connectivity index (χ0n) is 12.0. The fraction of sp³-hybridized carbons (Fsp3) is 0.500. The van der Waals surface area contributed by atoms with Gasteiger partial charge in [-0.1, -0.05) is 6.07 Å². The van der Waals surface area contributed by atoms with Crippen LogP contribution < -0.4 is 11.1 Å². The van der Waals surface area contributed by atoms with Crippen molar-refractivity contribution in [2.75, 3.05) is 19.8 Å². The molecule has 112 valence electrons. The second kappa shape index (κ2) is 5.42. The maximum atomic E-state index is 12.3. The van der Waals surface area contributed by atoms with E-state index < -0.39 is 5.41 Å². The number of aromatic nitrogens is 3. The highest BCUT2D eigenvalue weighted by Crippen LogP contribution is 2.26. The largest absolute Gasteiger partial charge is 0.379 e. The van der Waals surface area contributed by atoms with Crippen LogP contribution in [0.5, 0.6) is 0 Å². The normalized spacial score (nSPS) is 25.3. The molecule has 2 aromatic heterocycles. The summed E-state index contributed by atoms with van der Waals surface area (Å²) < 4.78 is 7.21. The third kappa shape index (κ3) is 2.50. The molecule has 2 aromatic rings. The van der Waals surface area contributed by atoms with E-state index in [9.17, 15) is 4.79 Å². The number of nitrogens with two attached hydrogens (primary N) is 1. The van der Waals surface area contributed by atoms with Crippen molar-refractivity contribution in [3.8, 4) is 0 Å². The van der Waals surface area contributed by atoms with Crippen LogP contribution in [0.25, 0.3) is 5.65 Å². The van der Waals surface area contributed by atoms with Gasteiger partial charge in [-0.2, -0.15) is 0 Å². The third-order valence-corrected chi connectivity index (χ3v) is 4.05. The van der Waals surface area contributed by atoms with Gasteiger partial charge in [0.25, 0.3) is 0 Å². The highest BCUT2D eigenvalue weighted by molar-refractivity contribution is 5.83. The molecule has 2 atom stereocenters. The molecule has 0 bridgehead atoms. The Labute approximate surface area is 122 Å². The van der Waals surface area contributed by atoms with Gasteiger partial charge in [-0.3, -0.25) is 9.20 Å². The van der Waals surface area contributed by atoms with E-state index in [-0.39, 0.29) is 11.9 Å². The van der Waals surface area contributed by atoms with E-state index in [2.05, 4.69) is 15.5 Å². The topological polar surface area (TPSA) is 94.5 Å². The molecule has 2 unspecified atom stereocenters. The molecular formula is C14H19N5O2. The van der Waals surface area contributed by atoms with Gasteiger partial charge in [0.2, 0.25) is 5.91 Å². The van der Waals surface area contributed by atoms with Gasteiger partial charge in [-0.25, -0.2) is 0 Å². The molecule has 1 saturated heterocycles. The molecule has 3 N–H and O–H groups in total. The van der Waals surface area contributed by atoms with Gasteiger partial charge in [0.05, 0.1) is 18.6 Å². The maximum absolute atomic E-state index is 12.3. The SMILES string of the molecule is CC1(C(=O)NCCc2nnc3ccccn23)COCC1N. The Morgan fingerprint density at radius 3 is 3.19 bits per heavy atom. The van der Waals surface area contributed by atoms with Crippen molar-refractivity contribution < 1.29 is 9.53 Å². The van der Waals surface area contributed by atoms with E-state index in [4.69, 9.17) is 10.5 Å². The Morgan fingerprint density at radius 1 is 1.57 bits per heavy atom. The summed E-state index contributed by atoms with van der Waals surface area (Å²) in [5.74, 6) is 0.754. The van der Waals surface area contributed by atoms with E-state index in [0.717, 1.165) is 11.5 Å². The van der Waals surface area contributed by atoms with Crippen LogP contribution in [0.3, 0.4) is 0 Å². The van der Waals surface area contributed by atoms with Gasteiger partial charge >= 0.3 is 0 Å². The van der Waals surface area contributed by atoms with Crippen molar-refractivity contribution in [3.63, 3.8) is 0 Å². The Bertz CT molecular complexity index is 656. The molecule has 0 radical (unpaired) electrons. The number of rotatable bonds is 4. The molecule has 0 spiro atoms. The molecule has 3 rings (SSSR count). The minimum Gasteiger partial charge on any atom is -0.379 e. The Hall–Kier alpha value is -1.99. The molecule has 1 aliphatic rings. The van der Waals surface area contributed by atoms with Gasteiger partial charge < -0.3 is 15.8 Å². The van der Waals surface area contributed by atoms with Crippen LogP contribution in [0.2, 0.25) is 0 Å². The number of amides is 1. The molecule has 0 aliphatic carbocycles. The number of carbonyl (C=O) groups is 1. The van der Waals surface area contributed by atoms with Crippen LogP contribution in [0.1, 0.15) is 12.7 Å². The van der Waals surface area contributed by atoms with Crippen LogP contribution in [0.15, 0.2) is 24.4 Å². The Balaban J connectivity index is 1.60. The first-order valence-corrected chi connectivity index (χ1v) is 7.01. The summed E-state index contributed by atoms with van der Waals surface area (Å²) in [6.45, 7) is 3.13. The molecule has 1 amide bonds. The summed E-state index contributed by atoms with van der Waals surface area (Å²) in [4.78, 5) is 12.3. The van der Waals surface area contributed by atoms with Crippen molar-refractivity contribution in [1.29, 1.82) is 0 Å². The average Bonchev–Trinajstić information content (AvgIpc) is 3.05. The summed E-state index contributed by atoms with van der Waals surface area (Å²) in [5.41, 5.74) is 6.10. The average molecular weight is 289 g/mol. The van der Waals surface area contributed by atoms with Gasteiger partial charge in [-0.15, -0.1) is 10.2 Å². The summed E-state index contributed by atoms with van der Waals surface area (Å²) in [6.07, 6.45) is 2.53. The number of nitrogens with one attached hydrogen (secondary N) is 1. The van der Waals surface area contributed by atoms with Gasteiger partial charge in [0.15, 0.2) is 5.65 Å². The number of pyridine rings is 1. The molecule has 7 heteroatoms. The number of fused-ring (bicyclic) bond motifs is 1. The predicted octanol–water partition coefficient (Wildman–Crippen LogP) is -0.248. The van der Waals surface area contributed by atoms with Crippen LogP contribution >= 0.6 is 0 Å². The first-order valence-electron chi connectivity index (χ1n) is 7.01. The van der Waals surface area contributed by atoms with Crippen molar-refractivity contribution in [1.82, 2.24) is 19.9 Å². The fourth-order valence-corrected chi connectivity index (χ4v) is 2.47. The van der Waals surface area contributed by atoms with Crippen LogP contribution in [-0.4, -0.2) is 46.3 Å². The number of hydrogen-bond acceptors (Lipinski definition) is 5. The van der Waals surface area contributed by atoms with Crippen molar-refractivity contribution in [2.45, 2.75) is 19.4 Å². The van der Waals surface area contributed by atoms with E-state index in [1.807, 2.05) is 35.7 Å². The molecule has 3 heterocycles. The highest BCUT2D eigenvalue weighted by atomic mass is 16.5. The van der Waals surface area contributed by atoms with E-state index in [0.29, 0.717) is 26.2 Å². The lowest BCUT2D eigenvalue weighted by Crippen LogP contribution is -2.50. The zero-order valence-corrected chi connectivity index (χ0v) is 12.0. The maximum Gasteiger partial charge on any atom is 0.229 e. The first-order chi connectivity index (χ1) is 10.1. The molecule has 0 aromatic carbocycles. The van der Waals surface area contributed by atoms with Gasteiger partial charge in [0, 0.05) is 25.2 Å². The Kier molecular flexibility index (Phi) is 3.60. The fourth-order valence-electron chi connectivity index (χ4n) is 2.47. The number of ether oxygens (including phenoxy) is 1. The standard InChI is InChI=1S/C14H19N5O2/c1-14(9-21-8-10(14)15)13(20)16-6-5-12-18-17-11-4-2-3-7-19(11)12/h2-4,7,10H,5-6,8-9,15H2,1H3,(H,16,20). The molecule has 1 aliphatic heterocycles. The van der Waals surface area contributed by atoms with Crippen molar-refractivity contribution in [2.24, 2.45) is 11.1 Å². The molecule has 0 saturated carbocycles. The molecular weight excluding hydrogens is 270 g/mol. The van der Waals surface area contributed by atoms with Crippen molar-refractivity contribution >= 4 is 11.6 Å². The second-order valence-corrected chi connectivity index (χ2v) is 5.59. The summed E-state index contributed by atoms with van der Waals surface area (Å²) in [7, 11) is 0. The predicted molar refractivity (Wildman–Crippen MR) is 76.6 cm³/mol. The van der Waals surface area contributed by atoms with E-state index in [1.54, 1.807) is 0 Å². The molecule has 21 heavy (non-hydrogen) atoms. The molecule has 1 fully saturated rings. The summed E-state index contributed by atoms with van der Waals surface area (Å²) >= 11 is 0. The minimum atomic E-state index is -0.646. The number of carbonyl (C=O) groups excluding carboxylic acids is 1. The zero-order chi connectivity index (χ0) is 14.9. The third-order valence-electron chi connectivity index (χ3n) is 4.05. The Morgan fingerprint density at radius 2 is 2.43 bits per heavy atom. The lowest BCUT2D eigenvalue weighted by molar-refractivity contribution is -0.130. The quantitative estimate of drug-likeness (QED) is 0.809. The van der Waals surface area contributed by atoms with Crippen LogP contribution in [0, 0.1) is 5.41 Å². The highest BCUT2D eigenvalue weighted by Gasteiger charge is 2.44. The summed E-state index contributed by atoms with van der Waals surface area (Å²) in [6, 6.07) is 5.48. The van der Waals surface area contributed by atoms with Gasteiger partial charge in [-0.05, 0) is 19.1 Å². The van der Waals surface area contributed by atoms with Crippen LogP contribution in [-0.2, 0) is 16.0 Å².